The number of amides is 1. The van der Waals surface area contributed by atoms with E-state index in [1.165, 1.54) is 0 Å². The van der Waals surface area contributed by atoms with E-state index in [2.05, 4.69) is 26.1 Å². The molecule has 234 valence electrons. The predicted octanol–water partition coefficient (Wildman–Crippen LogP) is -12.8. The Labute approximate surface area is 350 Å². The van der Waals surface area contributed by atoms with Crippen molar-refractivity contribution in [2.45, 2.75) is 96.9 Å². The fraction of sp³-hybridized carbons (Fsp3) is 0.962. The third-order valence-electron chi connectivity index (χ3n) is 11.0. The average molecular weight is 702 g/mol. The molecule has 0 aromatic carbocycles. The minimum Gasteiger partial charge on any atom is -0.822 e. The zero-order valence-corrected chi connectivity index (χ0v) is 37.1. The Bertz CT molecular complexity index is 1060. The maximum absolute atomic E-state index is 12.2. The number of aliphatic hydroxyl groups is 3. The molecule has 4 saturated carbocycles. The molecule has 11 atom stereocenters. The average Bonchev–Trinajstić information content (AvgIpc) is 3.16. The molecule has 0 aliphatic heterocycles. The van der Waals surface area contributed by atoms with Gasteiger partial charge in [0, 0.05) is 13.0 Å². The number of fused-ring (bicyclic) bond motifs is 5. The minimum atomic E-state index is -5.39. The number of aliphatic hydroxyl groups excluding tert-OH is 3. The standard InChI is InChI=1S/C26H45NO7S.4Na.H3O4P/c1-15(4-7-23(31)27-10-11-35(32,33)34)18-5-6-19-24-20(14-22(30)26(18,19)3)25(2)9-8-17(28)12-16(25)13-21(24)29;;;;;1-5(2,3)4/h15-22,24,28-30H,4-14H2,1-3H3,(H,27,31)(H,32,33,34);;;;;(H3,1,2,3,4)/q;4*+1;/p-4/t15-,16?,17-,18-,19?,20?,21-,22+,24?,25+,26-;;;;;/m1...../s1. The third kappa shape index (κ3) is 12.5. The molecule has 4 fully saturated rings. The molecule has 44 heavy (non-hydrogen) atoms. The number of hydrogen-bond donors (Lipinski definition) is 4. The second kappa shape index (κ2) is 19.8. The molecule has 0 bridgehead atoms. The van der Waals surface area contributed by atoms with Gasteiger partial charge in [0.2, 0.25) is 5.91 Å². The van der Waals surface area contributed by atoms with Crippen LogP contribution in [0.4, 0.5) is 0 Å². The van der Waals surface area contributed by atoms with E-state index in [4.69, 9.17) is 19.2 Å². The number of hydrogen-bond acceptors (Lipinski definition) is 11. The second-order valence-electron chi connectivity index (χ2n) is 13.1. The molecule has 4 unspecified atom stereocenters. The molecule has 12 nitrogen and oxygen atoms in total. The van der Waals surface area contributed by atoms with Gasteiger partial charge >= 0.3 is 118 Å². The maximum atomic E-state index is 12.2. The summed E-state index contributed by atoms with van der Waals surface area (Å²) in [6, 6.07) is 0. The van der Waals surface area contributed by atoms with E-state index in [-0.39, 0.29) is 184 Å². The van der Waals surface area contributed by atoms with Crippen molar-refractivity contribution in [1.29, 1.82) is 0 Å². The van der Waals surface area contributed by atoms with Gasteiger partial charge in [-0.3, -0.25) is 4.79 Å². The molecule has 4 aliphatic carbocycles. The smallest absolute Gasteiger partial charge is 0.822 e. The summed E-state index contributed by atoms with van der Waals surface area (Å²) >= 11 is 0. The molecule has 0 spiro atoms. The van der Waals surface area contributed by atoms with Crippen molar-refractivity contribution in [1.82, 2.24) is 5.32 Å². The van der Waals surface area contributed by atoms with E-state index < -0.39 is 35.9 Å². The molecule has 1 amide bonds. The molecular formula is C26H44NNa4O11PS. The monoisotopic (exact) mass is 701 g/mol. The first-order valence-corrected chi connectivity index (χ1v) is 17.3. The summed E-state index contributed by atoms with van der Waals surface area (Å²) in [7, 11) is -9.74. The fourth-order valence-corrected chi connectivity index (χ4v) is 9.45. The van der Waals surface area contributed by atoms with Gasteiger partial charge in [-0.15, -0.1) is 0 Å². The van der Waals surface area contributed by atoms with Crippen LogP contribution in [0.1, 0.15) is 78.6 Å². The van der Waals surface area contributed by atoms with Crippen LogP contribution >= 0.6 is 7.82 Å². The van der Waals surface area contributed by atoms with Crippen LogP contribution in [-0.2, 0) is 19.5 Å². The Kier molecular flexibility index (Phi) is 22.3. The largest absolute Gasteiger partial charge is 1.00 e. The van der Waals surface area contributed by atoms with Crippen molar-refractivity contribution >= 4 is 23.8 Å². The Morgan fingerprint density at radius 3 is 2.09 bits per heavy atom. The van der Waals surface area contributed by atoms with Crippen LogP contribution in [0, 0.1) is 46.3 Å². The van der Waals surface area contributed by atoms with E-state index >= 15 is 0 Å². The Balaban J connectivity index is 0. The van der Waals surface area contributed by atoms with Crippen LogP contribution in [0.3, 0.4) is 0 Å². The van der Waals surface area contributed by atoms with Gasteiger partial charge in [0.15, 0.2) is 0 Å². The molecule has 0 aromatic heterocycles. The van der Waals surface area contributed by atoms with E-state index in [1.807, 2.05) is 0 Å². The van der Waals surface area contributed by atoms with Crippen LogP contribution in [0.2, 0.25) is 0 Å². The zero-order chi connectivity index (χ0) is 30.3. The quantitative estimate of drug-likeness (QED) is 0.111. The van der Waals surface area contributed by atoms with Crippen molar-refractivity contribution in [3.63, 3.8) is 0 Å². The van der Waals surface area contributed by atoms with Gasteiger partial charge in [0.05, 0.1) is 34.2 Å². The van der Waals surface area contributed by atoms with Crippen LogP contribution in [0.15, 0.2) is 0 Å². The van der Waals surface area contributed by atoms with E-state index in [0.717, 1.165) is 38.5 Å². The number of phosphoric acid groups is 1. The fourth-order valence-electron chi connectivity index (χ4n) is 9.10. The first kappa shape index (κ1) is 49.5. The summed E-state index contributed by atoms with van der Waals surface area (Å²) in [5, 5.41) is 35.7. The van der Waals surface area contributed by atoms with Gasteiger partial charge in [-0.05, 0) is 97.7 Å². The first-order valence-electron chi connectivity index (χ1n) is 14.2. The minimum absolute atomic E-state index is 0. The number of carbonyl (C=O) groups is 1. The van der Waals surface area contributed by atoms with Crippen LogP contribution in [-0.4, -0.2) is 64.8 Å². The van der Waals surface area contributed by atoms with Crippen LogP contribution in [0.25, 0.3) is 0 Å². The van der Waals surface area contributed by atoms with Crippen molar-refractivity contribution < 1.29 is 171 Å². The maximum Gasteiger partial charge on any atom is 1.00 e. The summed E-state index contributed by atoms with van der Waals surface area (Å²) in [6.45, 7) is 6.48. The Morgan fingerprint density at radius 1 is 0.977 bits per heavy atom. The molecular weight excluding hydrogens is 657 g/mol. The van der Waals surface area contributed by atoms with Crippen molar-refractivity contribution in [2.24, 2.45) is 46.3 Å². The van der Waals surface area contributed by atoms with Crippen LogP contribution < -0.4 is 138 Å². The van der Waals surface area contributed by atoms with Gasteiger partial charge in [-0.2, -0.15) is 7.82 Å². The van der Waals surface area contributed by atoms with Gasteiger partial charge in [-0.1, -0.05) is 20.8 Å². The van der Waals surface area contributed by atoms with Crippen molar-refractivity contribution in [3.05, 3.63) is 0 Å². The molecule has 0 heterocycles. The van der Waals surface area contributed by atoms with E-state index in [1.54, 1.807) is 0 Å². The van der Waals surface area contributed by atoms with Gasteiger partial charge in [0.25, 0.3) is 0 Å². The summed E-state index contributed by atoms with van der Waals surface area (Å²) in [4.78, 5) is 37.8. The first-order chi connectivity index (χ1) is 18.3. The molecule has 0 radical (unpaired) electrons. The van der Waals surface area contributed by atoms with Gasteiger partial charge in [0.1, 0.15) is 0 Å². The Hall–Kier alpha value is 3.37. The SMILES string of the molecule is C[C@H](CCC(=O)NCCS(=O)(=O)[O-])[C@H]1CCC2C3C(C[C@H](O)[C@@]21C)[C@@]1(C)CC[C@@H](O)CC1C[C@H]3O.O=P([O-])([O-])[O-].[Na+].[Na+].[Na+].[Na+]. The number of carbonyl (C=O) groups excluding carboxylic acids is 1. The molecule has 4 aliphatic rings. The molecule has 4 N–H and O–H groups in total. The number of nitrogens with one attached hydrogen (secondary N) is 1. The normalized spacial score (nSPS) is 38.1. The van der Waals surface area contributed by atoms with Gasteiger partial charge < -0.3 is 44.4 Å². The van der Waals surface area contributed by atoms with E-state index in [0.29, 0.717) is 18.8 Å². The predicted molar refractivity (Wildman–Crippen MR) is 138 cm³/mol. The Morgan fingerprint density at radius 2 is 1.55 bits per heavy atom. The van der Waals surface area contributed by atoms with Crippen molar-refractivity contribution in [3.8, 4) is 0 Å². The summed E-state index contributed by atoms with van der Waals surface area (Å²) < 4.78 is 40.7. The van der Waals surface area contributed by atoms with Crippen molar-refractivity contribution in [2.75, 3.05) is 12.3 Å². The summed E-state index contributed by atoms with van der Waals surface area (Å²) in [5.74, 6) is 0.522. The summed E-state index contributed by atoms with van der Waals surface area (Å²) in [6.07, 6.45) is 5.58. The van der Waals surface area contributed by atoms with Gasteiger partial charge in [-0.25, -0.2) is 8.42 Å². The second-order valence-corrected chi connectivity index (χ2v) is 15.5. The zero-order valence-electron chi connectivity index (χ0n) is 27.4. The molecule has 18 heteroatoms. The molecule has 0 saturated heterocycles. The van der Waals surface area contributed by atoms with E-state index in [9.17, 15) is 33.1 Å². The molecule has 0 aromatic rings. The van der Waals surface area contributed by atoms with Crippen LogP contribution in [0.5, 0.6) is 0 Å². The molecule has 4 rings (SSSR count). The summed E-state index contributed by atoms with van der Waals surface area (Å²) in [5.41, 5.74) is -0.267. The topological polar surface area (TPSA) is 233 Å². The number of rotatable bonds is 7. The third-order valence-corrected chi connectivity index (χ3v) is 11.7.